The van der Waals surface area contributed by atoms with Crippen LogP contribution in [0, 0.1) is 0 Å². The fourth-order valence-corrected chi connectivity index (χ4v) is 19.7. The molecular weight excluding hydrogens is 1970 g/mol. The van der Waals surface area contributed by atoms with Gasteiger partial charge in [-0.3, -0.25) is 0 Å². The molecule has 0 spiro atoms. The molecule has 0 aliphatic heterocycles. The molecule has 13 nitrogen and oxygen atoms in total. The van der Waals surface area contributed by atoms with Crippen LogP contribution in [0.4, 0.5) is 0 Å². The summed E-state index contributed by atoms with van der Waals surface area (Å²) in [6.45, 7) is 0. The Labute approximate surface area is 841 Å². The molecule has 0 atom stereocenters. The first-order chi connectivity index (χ1) is 60.9. The van der Waals surface area contributed by atoms with Crippen LogP contribution in [0.3, 0.4) is 0 Å². The Balaban J connectivity index is 0.000000135. The second-order valence-corrected chi connectivity index (χ2v) is 32.2. The van der Waals surface area contributed by atoms with Gasteiger partial charge in [0.05, 0.1) is 31.3 Å². The van der Waals surface area contributed by atoms with E-state index in [0.717, 1.165) is 149 Å². The van der Waals surface area contributed by atoms with Crippen LogP contribution in [0.15, 0.2) is 397 Å². The van der Waals surface area contributed by atoms with Gasteiger partial charge in [-0.25, -0.2) is 0 Å². The quantitative estimate of drug-likeness (QED) is 0.101. The van der Waals surface area contributed by atoms with E-state index < -0.39 is 0 Å². The van der Waals surface area contributed by atoms with Crippen LogP contribution in [0.1, 0.15) is 0 Å². The van der Waals surface area contributed by atoms with Crippen LogP contribution in [-0.4, -0.2) is 89.7 Å². The zero-order chi connectivity index (χ0) is 84.1. The predicted octanol–water partition coefficient (Wildman–Crippen LogP) is 23.9. The zero-order valence-corrected chi connectivity index (χ0v) is 86.2. The molecule has 0 unspecified atom stereocenters. The summed E-state index contributed by atoms with van der Waals surface area (Å²) in [7, 11) is 0. The molecule has 27 rings (SSSR count). The van der Waals surface area contributed by atoms with Gasteiger partial charge in [-0.15, -0.1) is 34.0 Å². The molecule has 8 heterocycles. The molecule has 0 radical (unpaired) electrons. The summed E-state index contributed by atoms with van der Waals surface area (Å²) in [6, 6.07) is 103. The molecule has 0 fully saturated rings. The minimum Gasteiger partial charge on any atom is -0.872 e. The standard InChI is InChI=1S/3C16H10O2.2C12H8O2.3C12H8OS.3Be.3Ga.2Zn/c3*17-14-7-3-6-12-10-4-1-2-5-11(10)13-8-9-18-16(13)15(12)14;5*13-10-3-1-2-8-4-5-9-6-7-14-12(9)11(8)10;;;;;;;;/h3*1-9,17H;5*1-7,13H;;;;;;;;/q;;;;;;;;3*+2;3*+3;2*+2/p-8. The number of benzene rings is 19. The van der Waals surface area contributed by atoms with Crippen LogP contribution < -0.4 is 40.9 Å². The molecule has 132 heavy (non-hydrogen) atoms. The topological polar surface area (TPSA) is 250 Å². The predicted molar refractivity (Wildman–Crippen MR) is 529 cm³/mol. The van der Waals surface area contributed by atoms with E-state index >= 15 is 0 Å². The number of thiophene rings is 3. The van der Waals surface area contributed by atoms with E-state index in [2.05, 4.69) is 36.4 Å². The summed E-state index contributed by atoms with van der Waals surface area (Å²) in [4.78, 5) is 0. The molecule has 27 aromatic rings. The molecule has 0 saturated carbocycles. The van der Waals surface area contributed by atoms with Gasteiger partial charge in [-0.1, -0.05) is 325 Å². The molecule has 598 valence electrons. The van der Waals surface area contributed by atoms with Crippen molar-refractivity contribution < 1.29 is 102 Å². The summed E-state index contributed by atoms with van der Waals surface area (Å²) in [5, 5.41) is 130. The summed E-state index contributed by atoms with van der Waals surface area (Å²) in [5.74, 6) is 0.433. The normalized spacial score (nSPS) is 10.6. The summed E-state index contributed by atoms with van der Waals surface area (Å²) >= 11 is 4.89. The maximum Gasteiger partial charge on any atom is 3.00 e. The number of fused-ring (bicyclic) bond motifs is 33. The van der Waals surface area contributed by atoms with Crippen molar-refractivity contribution in [2.24, 2.45) is 0 Å². The smallest absolute Gasteiger partial charge is 0.872 e. The average Bonchev–Trinajstić information content (AvgIpc) is 1.48. The van der Waals surface area contributed by atoms with Gasteiger partial charge >= 0.3 is 129 Å². The third-order valence-corrected chi connectivity index (χ3v) is 25.2. The molecule has 0 N–H and O–H groups in total. The van der Waals surface area contributed by atoms with E-state index in [1.807, 2.05) is 228 Å². The fraction of sp³-hybridized carbons (Fsp3) is 0. The molecule has 0 bridgehead atoms. The van der Waals surface area contributed by atoms with E-state index in [-0.39, 0.29) is 175 Å². The van der Waals surface area contributed by atoms with Crippen molar-refractivity contribution in [2.75, 3.05) is 0 Å². The van der Waals surface area contributed by atoms with Gasteiger partial charge in [0.15, 0.2) is 0 Å². The largest absolute Gasteiger partial charge is 3.00 e. The third kappa shape index (κ3) is 18.6. The number of hydrogen-bond donors (Lipinski definition) is 0. The number of rotatable bonds is 0. The van der Waals surface area contributed by atoms with Gasteiger partial charge in [-0.05, 0) is 172 Å². The second-order valence-electron chi connectivity index (χ2n) is 29.5. The van der Waals surface area contributed by atoms with Crippen molar-refractivity contribution in [3.8, 4) is 46.0 Å². The Morgan fingerprint density at radius 1 is 0.159 bits per heavy atom. The maximum atomic E-state index is 12.1. The summed E-state index contributed by atoms with van der Waals surface area (Å²) in [5.41, 5.74) is 3.44. The van der Waals surface area contributed by atoms with E-state index in [1.54, 1.807) is 144 Å². The van der Waals surface area contributed by atoms with Gasteiger partial charge < -0.3 is 62.9 Å². The SMILES string of the molecule is [Be+2].[Be+2].[Be+2].[Ga+3].[Ga+3].[Ga+3].[O-]c1cccc2c3ccccc3c3ccoc3c12.[O-]c1cccc2c3ccccc3c3ccoc3c12.[O-]c1cccc2c3ccccc3c3ccoc3c12.[O-]c1cccc2ccc3ccoc3c12.[O-]c1cccc2ccc3ccoc3c12.[O-]c1cccc2ccc3ccsc3c12.[O-]c1cccc2ccc3ccsc3c12.[O-]c1cccc2ccc3ccsc3c12.[Zn+2].[Zn+2]. The zero-order valence-electron chi connectivity index (χ0n) is 70.6. The molecule has 19 aromatic carbocycles. The number of furan rings is 5. The first kappa shape index (κ1) is 98.7. The summed E-state index contributed by atoms with van der Waals surface area (Å²) in [6.07, 6.45) is 8.14. The third-order valence-electron chi connectivity index (χ3n) is 22.4. The van der Waals surface area contributed by atoms with Crippen LogP contribution >= 0.6 is 34.0 Å². The molecule has 24 heteroatoms. The van der Waals surface area contributed by atoms with Crippen LogP contribution in [-0.2, 0) is 39.0 Å². The molecular formula is C108H62Be3Ga3O13S3Zn2+11. The minimum absolute atomic E-state index is 0. The Morgan fingerprint density at radius 3 is 0.629 bits per heavy atom. The van der Waals surface area contributed by atoms with Crippen molar-refractivity contribution >= 4 is 327 Å². The first-order valence-corrected chi connectivity index (χ1v) is 42.3. The molecule has 8 aromatic heterocycles. The van der Waals surface area contributed by atoms with Gasteiger partial charge in [0, 0.05) is 68.0 Å². The van der Waals surface area contributed by atoms with Crippen molar-refractivity contribution in [1.82, 2.24) is 0 Å². The second kappa shape index (κ2) is 42.9. The van der Waals surface area contributed by atoms with Gasteiger partial charge in [-0.2, -0.15) is 0 Å². The van der Waals surface area contributed by atoms with Crippen molar-refractivity contribution in [3.63, 3.8) is 0 Å². The van der Waals surface area contributed by atoms with E-state index in [9.17, 15) is 40.9 Å². The molecule has 0 amide bonds. The van der Waals surface area contributed by atoms with Crippen LogP contribution in [0.25, 0.3) is 204 Å². The van der Waals surface area contributed by atoms with Gasteiger partial charge in [0.25, 0.3) is 0 Å². The minimum atomic E-state index is 0. The van der Waals surface area contributed by atoms with Crippen molar-refractivity contribution in [2.45, 2.75) is 0 Å². The monoisotopic (exact) mass is 2020 g/mol. The van der Waals surface area contributed by atoms with Crippen molar-refractivity contribution in [3.05, 3.63) is 375 Å². The van der Waals surface area contributed by atoms with Crippen molar-refractivity contribution in [1.29, 1.82) is 0 Å². The van der Waals surface area contributed by atoms with Gasteiger partial charge in [0.1, 0.15) is 27.9 Å². The Bertz CT molecular complexity index is 7780. The first-order valence-electron chi connectivity index (χ1n) is 39.6. The molecule has 0 saturated heterocycles. The van der Waals surface area contributed by atoms with E-state index in [1.165, 1.54) is 0 Å². The molecule has 0 aliphatic carbocycles. The van der Waals surface area contributed by atoms with Crippen LogP contribution in [0.5, 0.6) is 46.0 Å². The Morgan fingerprint density at radius 2 is 0.356 bits per heavy atom. The Kier molecular flexibility index (Phi) is 32.1. The van der Waals surface area contributed by atoms with E-state index in [0.29, 0.717) is 54.8 Å². The van der Waals surface area contributed by atoms with Gasteiger partial charge in [0.2, 0.25) is 0 Å². The number of hydrogen-bond acceptors (Lipinski definition) is 16. The maximum absolute atomic E-state index is 12.1. The Hall–Kier alpha value is -12.3. The summed E-state index contributed by atoms with van der Waals surface area (Å²) < 4.78 is 30.5. The fourth-order valence-electron chi connectivity index (χ4n) is 16.8. The average molecular weight is 2030 g/mol. The van der Waals surface area contributed by atoms with Crippen LogP contribution in [0.2, 0.25) is 0 Å². The van der Waals surface area contributed by atoms with E-state index in [4.69, 9.17) is 22.1 Å². The molecule has 0 aliphatic rings.